The first-order valence-corrected chi connectivity index (χ1v) is 7.79. The Morgan fingerprint density at radius 1 is 1.45 bits per heavy atom. The van der Waals surface area contributed by atoms with Crippen molar-refractivity contribution in [3.05, 3.63) is 23.8 Å². The molecule has 20 heavy (non-hydrogen) atoms. The molecule has 0 saturated carbocycles. The van der Waals surface area contributed by atoms with Crippen molar-refractivity contribution >= 4 is 16.0 Å². The van der Waals surface area contributed by atoms with Gasteiger partial charge in [-0.3, -0.25) is 4.79 Å². The molecule has 1 unspecified atom stereocenters. The van der Waals surface area contributed by atoms with Gasteiger partial charge in [-0.05, 0) is 44.0 Å². The highest BCUT2D eigenvalue weighted by Gasteiger charge is 2.27. The number of benzene rings is 1. The lowest BCUT2D eigenvalue weighted by atomic mass is 9.97. The zero-order valence-corrected chi connectivity index (χ0v) is 12.1. The second-order valence-corrected chi connectivity index (χ2v) is 6.81. The first-order valence-electron chi connectivity index (χ1n) is 6.30. The van der Waals surface area contributed by atoms with Gasteiger partial charge in [0.25, 0.3) is 0 Å². The van der Waals surface area contributed by atoms with Gasteiger partial charge in [0.05, 0.1) is 10.8 Å². The number of carboxylic acids is 1. The monoisotopic (exact) mass is 299 g/mol. The van der Waals surface area contributed by atoms with Crippen LogP contribution >= 0.6 is 0 Å². The number of sulfonamides is 1. The first-order chi connectivity index (χ1) is 9.29. The number of carbonyl (C=O) groups is 1. The van der Waals surface area contributed by atoms with E-state index < -0.39 is 21.9 Å². The van der Waals surface area contributed by atoms with Crippen molar-refractivity contribution < 1.29 is 23.1 Å². The normalized spacial score (nSPS) is 18.4. The van der Waals surface area contributed by atoms with E-state index in [1.165, 1.54) is 12.1 Å². The summed E-state index contributed by atoms with van der Waals surface area (Å²) in [6.07, 6.45) is 0.274. The first kappa shape index (κ1) is 14.8. The predicted molar refractivity (Wildman–Crippen MR) is 72.2 cm³/mol. The van der Waals surface area contributed by atoms with Gasteiger partial charge < -0.3 is 9.84 Å². The molecule has 2 rings (SSSR count). The van der Waals surface area contributed by atoms with Crippen molar-refractivity contribution in [1.29, 1.82) is 0 Å². The molecule has 0 radical (unpaired) electrons. The van der Waals surface area contributed by atoms with Crippen molar-refractivity contribution in [1.82, 2.24) is 4.72 Å². The Kier molecular flexibility index (Phi) is 4.01. The number of fused-ring (bicyclic) bond motifs is 1. The summed E-state index contributed by atoms with van der Waals surface area (Å²) < 4.78 is 32.0. The van der Waals surface area contributed by atoms with Gasteiger partial charge in [0, 0.05) is 6.04 Å². The fourth-order valence-electron chi connectivity index (χ4n) is 2.07. The van der Waals surface area contributed by atoms with Gasteiger partial charge in [-0.15, -0.1) is 0 Å². The van der Waals surface area contributed by atoms with Crippen molar-refractivity contribution in [3.63, 3.8) is 0 Å². The number of rotatable bonds is 4. The van der Waals surface area contributed by atoms with E-state index >= 15 is 0 Å². The maximum Gasteiger partial charge on any atom is 0.310 e. The summed E-state index contributed by atoms with van der Waals surface area (Å²) in [5.74, 6) is -1.03. The molecular formula is C13H17NO5S. The molecule has 6 nitrogen and oxygen atoms in total. The lowest BCUT2D eigenvalue weighted by Crippen LogP contribution is -2.31. The van der Waals surface area contributed by atoms with Crippen molar-refractivity contribution in [3.8, 4) is 5.75 Å². The van der Waals surface area contributed by atoms with E-state index in [0.717, 1.165) is 0 Å². The Hall–Kier alpha value is -1.60. The number of hydrogen-bond donors (Lipinski definition) is 2. The molecule has 1 aromatic carbocycles. The molecule has 0 bridgehead atoms. The predicted octanol–water partition coefficient (Wildman–Crippen LogP) is 1.01. The van der Waals surface area contributed by atoms with E-state index in [2.05, 4.69) is 4.72 Å². The van der Waals surface area contributed by atoms with Gasteiger partial charge in [-0.25, -0.2) is 13.1 Å². The molecule has 0 saturated heterocycles. The summed E-state index contributed by atoms with van der Waals surface area (Å²) in [7, 11) is -3.58. The molecule has 0 amide bonds. The summed E-state index contributed by atoms with van der Waals surface area (Å²) in [4.78, 5) is 11.1. The molecule has 1 aromatic rings. The second kappa shape index (κ2) is 5.41. The molecule has 1 aliphatic heterocycles. The summed E-state index contributed by atoms with van der Waals surface area (Å²) in [5, 5.41) is 9.00. The number of ether oxygens (including phenoxy) is 1. The third-order valence-corrected chi connectivity index (χ3v) is 4.64. The summed E-state index contributed by atoms with van der Waals surface area (Å²) >= 11 is 0. The van der Waals surface area contributed by atoms with Gasteiger partial charge >= 0.3 is 5.97 Å². The largest absolute Gasteiger partial charge is 0.492 e. The van der Waals surface area contributed by atoms with Crippen molar-refractivity contribution in [2.24, 2.45) is 5.92 Å². The Bertz CT molecular complexity index is 624. The van der Waals surface area contributed by atoms with E-state index in [1.54, 1.807) is 19.9 Å². The molecular weight excluding hydrogens is 282 g/mol. The van der Waals surface area contributed by atoms with E-state index in [9.17, 15) is 13.2 Å². The van der Waals surface area contributed by atoms with Gasteiger partial charge in [0.15, 0.2) is 0 Å². The van der Waals surface area contributed by atoms with Crippen LogP contribution in [0.5, 0.6) is 5.75 Å². The quantitative estimate of drug-likeness (QED) is 0.865. The summed E-state index contributed by atoms with van der Waals surface area (Å²) in [6, 6.07) is 4.31. The van der Waals surface area contributed by atoms with Crippen LogP contribution in [0.4, 0.5) is 0 Å². The Labute approximate surface area is 117 Å². The van der Waals surface area contributed by atoms with Crippen molar-refractivity contribution in [2.45, 2.75) is 31.2 Å². The smallest absolute Gasteiger partial charge is 0.310 e. The topological polar surface area (TPSA) is 92.7 Å². The second-order valence-electron chi connectivity index (χ2n) is 5.10. The maximum absolute atomic E-state index is 12.1. The van der Waals surface area contributed by atoms with Crippen molar-refractivity contribution in [2.75, 3.05) is 6.61 Å². The Morgan fingerprint density at radius 3 is 2.75 bits per heavy atom. The molecule has 7 heteroatoms. The average Bonchev–Trinajstić information content (AvgIpc) is 2.35. The minimum atomic E-state index is -3.58. The van der Waals surface area contributed by atoms with Crippen LogP contribution in [-0.2, 0) is 21.2 Å². The van der Waals surface area contributed by atoms with Gasteiger partial charge in [0.1, 0.15) is 12.4 Å². The molecule has 1 heterocycles. The highest BCUT2D eigenvalue weighted by molar-refractivity contribution is 7.89. The molecule has 1 aliphatic rings. The zero-order chi connectivity index (χ0) is 14.9. The van der Waals surface area contributed by atoms with E-state index in [4.69, 9.17) is 9.84 Å². The van der Waals surface area contributed by atoms with Crippen LogP contribution in [0, 0.1) is 5.92 Å². The van der Waals surface area contributed by atoms with Crippen LogP contribution < -0.4 is 9.46 Å². The van der Waals surface area contributed by atoms with Crippen LogP contribution in [0.2, 0.25) is 0 Å². The molecule has 1 atom stereocenters. The minimum Gasteiger partial charge on any atom is -0.492 e. The van der Waals surface area contributed by atoms with Crippen LogP contribution in [-0.4, -0.2) is 32.1 Å². The third-order valence-electron chi connectivity index (χ3n) is 2.99. The van der Waals surface area contributed by atoms with Gasteiger partial charge in [-0.1, -0.05) is 0 Å². The number of carboxylic acid groups (broad SMARTS) is 1. The molecule has 0 fully saturated rings. The van der Waals surface area contributed by atoms with E-state index in [0.29, 0.717) is 11.3 Å². The summed E-state index contributed by atoms with van der Waals surface area (Å²) in [6.45, 7) is 3.58. The van der Waals surface area contributed by atoms with Crippen LogP contribution in [0.25, 0.3) is 0 Å². The molecule has 0 spiro atoms. The highest BCUT2D eigenvalue weighted by Crippen LogP contribution is 2.29. The molecule has 0 aliphatic carbocycles. The number of hydrogen-bond acceptors (Lipinski definition) is 4. The highest BCUT2D eigenvalue weighted by atomic mass is 32.2. The van der Waals surface area contributed by atoms with Crippen LogP contribution in [0.3, 0.4) is 0 Å². The fourth-order valence-corrected chi connectivity index (χ4v) is 3.38. The average molecular weight is 299 g/mol. The van der Waals surface area contributed by atoms with Gasteiger partial charge in [-0.2, -0.15) is 0 Å². The van der Waals surface area contributed by atoms with Gasteiger partial charge in [0.2, 0.25) is 10.0 Å². The fraction of sp³-hybridized carbons (Fsp3) is 0.462. The number of nitrogens with one attached hydrogen (secondary N) is 1. The molecule has 2 N–H and O–H groups in total. The SMILES string of the molecule is CC(C)NS(=O)(=O)c1ccc2c(c1)CC(C(=O)O)CO2. The Balaban J connectivity index is 2.32. The minimum absolute atomic E-state index is 0.110. The Morgan fingerprint density at radius 2 is 2.15 bits per heavy atom. The number of aliphatic carboxylic acids is 1. The molecule has 110 valence electrons. The van der Waals surface area contributed by atoms with E-state index in [-0.39, 0.29) is 24.0 Å². The summed E-state index contributed by atoms with van der Waals surface area (Å²) in [5.41, 5.74) is 0.607. The standard InChI is InChI=1S/C13H17NO5S/c1-8(2)14-20(17,18)11-3-4-12-9(6-11)5-10(7-19-12)13(15)16/h3-4,6,8,10,14H,5,7H2,1-2H3,(H,15,16). The van der Waals surface area contributed by atoms with Crippen LogP contribution in [0.15, 0.2) is 23.1 Å². The lowest BCUT2D eigenvalue weighted by molar-refractivity contribution is -0.143. The van der Waals surface area contributed by atoms with E-state index in [1.807, 2.05) is 0 Å². The maximum atomic E-state index is 12.1. The molecule has 0 aromatic heterocycles. The van der Waals surface area contributed by atoms with Crippen LogP contribution in [0.1, 0.15) is 19.4 Å². The lowest BCUT2D eigenvalue weighted by Gasteiger charge is -2.23. The zero-order valence-electron chi connectivity index (χ0n) is 11.3. The third kappa shape index (κ3) is 3.10.